The third-order valence-corrected chi connectivity index (χ3v) is 13.1. The molecule has 0 saturated heterocycles. The van der Waals surface area contributed by atoms with Crippen molar-refractivity contribution in [2.24, 2.45) is 0 Å². The molecule has 6 heteroatoms. The average molecular weight is 876 g/mol. The van der Waals surface area contributed by atoms with Crippen molar-refractivity contribution in [2.75, 3.05) is 13.2 Å². The minimum absolute atomic E-state index is 0.0263. The van der Waals surface area contributed by atoms with E-state index in [0.29, 0.717) is 25.9 Å². The number of rotatable bonds is 52. The Bertz CT molecular complexity index is 924. The molecule has 0 bridgehead atoms. The molecule has 0 heterocycles. The normalized spacial score (nSPS) is 12.6. The first-order valence-corrected chi connectivity index (χ1v) is 27.9. The Hall–Kier alpha value is -1.40. The van der Waals surface area contributed by atoms with Gasteiger partial charge in [0.15, 0.2) is 0 Å². The fourth-order valence-corrected chi connectivity index (χ4v) is 8.75. The number of nitrogens with one attached hydrogen (secondary N) is 1. The van der Waals surface area contributed by atoms with Gasteiger partial charge >= 0.3 is 5.97 Å². The highest BCUT2D eigenvalue weighted by Crippen LogP contribution is 2.17. The molecule has 368 valence electrons. The number of hydrogen-bond donors (Lipinski definition) is 3. The van der Waals surface area contributed by atoms with Gasteiger partial charge in [-0.15, -0.1) is 0 Å². The van der Waals surface area contributed by atoms with E-state index in [1.807, 2.05) is 0 Å². The quantitative estimate of drug-likeness (QED) is 0.0321. The predicted molar refractivity (Wildman–Crippen MR) is 269 cm³/mol. The van der Waals surface area contributed by atoms with Crippen molar-refractivity contribution >= 4 is 11.9 Å². The SMILES string of the molecule is CCCCCCC/C=C\CCCCCCCC(=O)OCCCCCCCCCCCCC(=O)NC(CO)C(O)CCCCCCCCCCCCCCCCCCCCCCC. The van der Waals surface area contributed by atoms with Crippen molar-refractivity contribution in [2.45, 2.75) is 321 Å². The third-order valence-electron chi connectivity index (χ3n) is 13.1. The number of aliphatic hydroxyl groups excluding tert-OH is 2. The van der Waals surface area contributed by atoms with Crippen LogP contribution in [0.2, 0.25) is 0 Å². The molecule has 62 heavy (non-hydrogen) atoms. The van der Waals surface area contributed by atoms with Crippen molar-refractivity contribution in [1.82, 2.24) is 5.32 Å². The second-order valence-electron chi connectivity index (χ2n) is 19.3. The van der Waals surface area contributed by atoms with E-state index in [0.717, 1.165) is 57.8 Å². The molecule has 0 aromatic heterocycles. The second kappa shape index (κ2) is 52.2. The van der Waals surface area contributed by atoms with Gasteiger partial charge in [0.25, 0.3) is 0 Å². The summed E-state index contributed by atoms with van der Waals surface area (Å²) in [4.78, 5) is 24.5. The minimum atomic E-state index is -0.679. The molecule has 0 aliphatic rings. The van der Waals surface area contributed by atoms with Crippen LogP contribution in [0.3, 0.4) is 0 Å². The van der Waals surface area contributed by atoms with Gasteiger partial charge in [0.05, 0.1) is 25.4 Å². The standard InChI is InChI=1S/C56H109NO5/c1-3-5-7-9-11-13-15-17-19-20-21-22-23-24-25-26-28-32-36-40-44-48-54(59)53(52-58)57-55(60)49-45-41-37-33-30-31-35-39-43-47-51-62-56(61)50-46-42-38-34-29-27-18-16-14-12-10-8-6-4-2/h16,18,53-54,58-59H,3-15,17,19-52H2,1-2H3,(H,57,60)/b18-16-. The van der Waals surface area contributed by atoms with E-state index in [9.17, 15) is 19.8 Å². The lowest BCUT2D eigenvalue weighted by atomic mass is 10.0. The van der Waals surface area contributed by atoms with Crippen molar-refractivity contribution < 1.29 is 24.5 Å². The molecular weight excluding hydrogens is 767 g/mol. The molecule has 2 unspecified atom stereocenters. The molecule has 0 aliphatic carbocycles. The first-order valence-electron chi connectivity index (χ1n) is 27.9. The van der Waals surface area contributed by atoms with Crippen LogP contribution in [-0.2, 0) is 14.3 Å². The summed E-state index contributed by atoms with van der Waals surface area (Å²) in [6.07, 6.45) is 60.5. The van der Waals surface area contributed by atoms with Crippen LogP contribution in [0.1, 0.15) is 309 Å². The number of amides is 1. The molecule has 3 N–H and O–H groups in total. The summed E-state index contributed by atoms with van der Waals surface area (Å²) in [6.45, 7) is 4.91. The number of hydrogen-bond acceptors (Lipinski definition) is 5. The van der Waals surface area contributed by atoms with Gasteiger partial charge in [-0.05, 0) is 51.4 Å². The monoisotopic (exact) mass is 876 g/mol. The van der Waals surface area contributed by atoms with Crippen molar-refractivity contribution in [3.05, 3.63) is 12.2 Å². The fraction of sp³-hybridized carbons (Fsp3) is 0.929. The van der Waals surface area contributed by atoms with Gasteiger partial charge in [0.2, 0.25) is 5.91 Å². The minimum Gasteiger partial charge on any atom is -0.466 e. The molecule has 1 amide bonds. The summed E-state index contributed by atoms with van der Waals surface area (Å²) in [7, 11) is 0. The lowest BCUT2D eigenvalue weighted by Crippen LogP contribution is -2.45. The van der Waals surface area contributed by atoms with Crippen molar-refractivity contribution in [3.8, 4) is 0 Å². The summed E-state index contributed by atoms with van der Waals surface area (Å²) in [5.41, 5.74) is 0. The molecule has 0 saturated carbocycles. The number of ether oxygens (including phenoxy) is 1. The highest BCUT2D eigenvalue weighted by atomic mass is 16.5. The molecule has 0 fully saturated rings. The largest absolute Gasteiger partial charge is 0.466 e. The molecule has 0 spiro atoms. The van der Waals surface area contributed by atoms with Gasteiger partial charge in [-0.3, -0.25) is 9.59 Å². The summed E-state index contributed by atoms with van der Waals surface area (Å²) < 4.78 is 5.45. The Morgan fingerprint density at radius 3 is 1.15 bits per heavy atom. The topological polar surface area (TPSA) is 95.9 Å². The zero-order valence-corrected chi connectivity index (χ0v) is 41.9. The molecule has 0 radical (unpaired) electrons. The van der Waals surface area contributed by atoms with Crippen LogP contribution in [0.25, 0.3) is 0 Å². The van der Waals surface area contributed by atoms with E-state index < -0.39 is 12.1 Å². The predicted octanol–water partition coefficient (Wildman–Crippen LogP) is 16.9. The number of esters is 1. The molecule has 6 nitrogen and oxygen atoms in total. The van der Waals surface area contributed by atoms with E-state index in [2.05, 4.69) is 31.3 Å². The lowest BCUT2D eigenvalue weighted by molar-refractivity contribution is -0.143. The Balaban J connectivity index is 3.47. The zero-order valence-electron chi connectivity index (χ0n) is 41.9. The highest BCUT2D eigenvalue weighted by Gasteiger charge is 2.20. The third kappa shape index (κ3) is 48.1. The maximum absolute atomic E-state index is 12.5. The van der Waals surface area contributed by atoms with Gasteiger partial charge in [-0.1, -0.05) is 257 Å². The van der Waals surface area contributed by atoms with Gasteiger partial charge in [-0.2, -0.15) is 0 Å². The first kappa shape index (κ1) is 60.6. The van der Waals surface area contributed by atoms with E-state index >= 15 is 0 Å². The molecule has 0 rings (SSSR count). The number of allylic oxidation sites excluding steroid dienone is 2. The van der Waals surface area contributed by atoms with Crippen LogP contribution in [0.5, 0.6) is 0 Å². The Labute approximate surface area is 387 Å². The molecule has 0 aliphatic heterocycles. The van der Waals surface area contributed by atoms with E-state index in [1.54, 1.807) is 0 Å². The summed E-state index contributed by atoms with van der Waals surface area (Å²) in [5.74, 6) is -0.0815. The van der Waals surface area contributed by atoms with Crippen LogP contribution in [0.15, 0.2) is 12.2 Å². The maximum Gasteiger partial charge on any atom is 0.305 e. The smallest absolute Gasteiger partial charge is 0.305 e. The van der Waals surface area contributed by atoms with Gasteiger partial charge in [-0.25, -0.2) is 0 Å². The second-order valence-corrected chi connectivity index (χ2v) is 19.3. The van der Waals surface area contributed by atoms with Crippen LogP contribution in [0.4, 0.5) is 0 Å². The van der Waals surface area contributed by atoms with Crippen LogP contribution < -0.4 is 5.32 Å². The van der Waals surface area contributed by atoms with Crippen molar-refractivity contribution in [1.29, 1.82) is 0 Å². The van der Waals surface area contributed by atoms with E-state index in [4.69, 9.17) is 4.74 Å². The lowest BCUT2D eigenvalue weighted by Gasteiger charge is -2.22. The van der Waals surface area contributed by atoms with Crippen molar-refractivity contribution in [3.63, 3.8) is 0 Å². The molecule has 0 aromatic carbocycles. The molecule has 0 aromatic rings. The van der Waals surface area contributed by atoms with Crippen LogP contribution in [-0.4, -0.2) is 47.4 Å². The van der Waals surface area contributed by atoms with Crippen LogP contribution >= 0.6 is 0 Å². The number of carbonyl (C=O) groups excluding carboxylic acids is 2. The Morgan fingerprint density at radius 1 is 0.435 bits per heavy atom. The molecular formula is C56H109NO5. The zero-order chi connectivity index (χ0) is 45.1. The Kier molecular flexibility index (Phi) is 51.0. The number of unbranched alkanes of at least 4 members (excludes halogenated alkanes) is 39. The summed E-state index contributed by atoms with van der Waals surface area (Å²) in [6, 6.07) is -0.559. The van der Waals surface area contributed by atoms with Gasteiger partial charge in [0, 0.05) is 12.8 Å². The van der Waals surface area contributed by atoms with E-state index in [1.165, 1.54) is 218 Å². The summed E-state index contributed by atoms with van der Waals surface area (Å²) >= 11 is 0. The highest BCUT2D eigenvalue weighted by molar-refractivity contribution is 5.76. The van der Waals surface area contributed by atoms with Crippen LogP contribution in [0, 0.1) is 0 Å². The first-order chi connectivity index (χ1) is 30.5. The molecule has 2 atom stereocenters. The number of carbonyl (C=O) groups is 2. The maximum atomic E-state index is 12.5. The number of aliphatic hydroxyl groups is 2. The Morgan fingerprint density at radius 2 is 0.758 bits per heavy atom. The average Bonchev–Trinajstić information content (AvgIpc) is 3.27. The fourth-order valence-electron chi connectivity index (χ4n) is 8.75. The van der Waals surface area contributed by atoms with Gasteiger partial charge in [0.1, 0.15) is 0 Å². The summed E-state index contributed by atoms with van der Waals surface area (Å²) in [5, 5.41) is 23.3. The van der Waals surface area contributed by atoms with E-state index in [-0.39, 0.29) is 18.5 Å². The van der Waals surface area contributed by atoms with Gasteiger partial charge < -0.3 is 20.3 Å².